The van der Waals surface area contributed by atoms with Crippen molar-refractivity contribution in [1.82, 2.24) is 24.6 Å². The second-order valence-electron chi connectivity index (χ2n) is 6.08. The van der Waals surface area contributed by atoms with Gasteiger partial charge in [0.15, 0.2) is 5.13 Å². The van der Waals surface area contributed by atoms with Crippen LogP contribution >= 0.6 is 11.3 Å². The Morgan fingerprint density at radius 2 is 2.11 bits per heavy atom. The largest absolute Gasteiger partial charge is 0.297 e. The second kappa shape index (κ2) is 6.84. The predicted molar refractivity (Wildman–Crippen MR) is 99.5 cm³/mol. The van der Waals surface area contributed by atoms with Crippen molar-refractivity contribution in [2.24, 2.45) is 0 Å². The molecule has 0 unspecified atom stereocenters. The lowest BCUT2D eigenvalue weighted by Crippen LogP contribution is -2.13. The van der Waals surface area contributed by atoms with E-state index in [1.165, 1.54) is 28.0 Å². The number of carbonyl (C=O) groups excluding carboxylic acids is 1. The quantitative estimate of drug-likeness (QED) is 0.586. The molecule has 0 aliphatic carbocycles. The summed E-state index contributed by atoms with van der Waals surface area (Å²) in [6.45, 7) is 3.73. The molecule has 0 aliphatic heterocycles. The average molecular weight is 382 g/mol. The van der Waals surface area contributed by atoms with Crippen molar-refractivity contribution >= 4 is 28.2 Å². The molecule has 0 radical (unpaired) electrons. The smallest absolute Gasteiger partial charge is 0.295 e. The van der Waals surface area contributed by atoms with Gasteiger partial charge in [-0.3, -0.25) is 10.1 Å². The highest BCUT2D eigenvalue weighted by Crippen LogP contribution is 2.22. The van der Waals surface area contributed by atoms with Gasteiger partial charge in [0.05, 0.1) is 0 Å². The SMILES string of the molecule is Cc1cc(C)n2nc(C(=O)Nc3ncc(Cc4cccc(F)c4)s3)nc2n1. The lowest BCUT2D eigenvalue weighted by atomic mass is 10.1. The fourth-order valence-corrected chi connectivity index (χ4v) is 3.55. The molecule has 0 saturated carbocycles. The number of aryl methyl sites for hydroxylation is 2. The molecule has 4 rings (SSSR count). The molecule has 1 amide bonds. The van der Waals surface area contributed by atoms with E-state index in [9.17, 15) is 9.18 Å². The van der Waals surface area contributed by atoms with E-state index in [1.54, 1.807) is 12.3 Å². The highest BCUT2D eigenvalue weighted by molar-refractivity contribution is 7.15. The molecule has 0 fully saturated rings. The summed E-state index contributed by atoms with van der Waals surface area (Å²) in [4.78, 5) is 26.0. The number of fused-ring (bicyclic) bond motifs is 1. The van der Waals surface area contributed by atoms with Gasteiger partial charge in [-0.25, -0.2) is 18.9 Å². The number of rotatable bonds is 4. The highest BCUT2D eigenvalue weighted by atomic mass is 32.1. The summed E-state index contributed by atoms with van der Waals surface area (Å²) in [6, 6.07) is 8.26. The number of carbonyl (C=O) groups is 1. The molecule has 3 heterocycles. The molecule has 1 N–H and O–H groups in total. The maximum absolute atomic E-state index is 13.3. The standard InChI is InChI=1S/C18H15FN6OS/c1-10-6-11(2)25-17(21-10)22-15(24-25)16(26)23-18-20-9-14(27-18)8-12-4-3-5-13(19)7-12/h3-7,9H,8H2,1-2H3,(H,20,23,26). The number of nitrogens with one attached hydrogen (secondary N) is 1. The van der Waals surface area contributed by atoms with E-state index in [1.807, 2.05) is 26.0 Å². The molecule has 3 aromatic heterocycles. The summed E-state index contributed by atoms with van der Waals surface area (Å²) in [7, 11) is 0. The number of anilines is 1. The first kappa shape index (κ1) is 17.2. The van der Waals surface area contributed by atoms with E-state index in [0.29, 0.717) is 17.3 Å². The first-order valence-electron chi connectivity index (χ1n) is 8.19. The van der Waals surface area contributed by atoms with Gasteiger partial charge in [0, 0.05) is 28.9 Å². The van der Waals surface area contributed by atoms with Crippen molar-refractivity contribution < 1.29 is 9.18 Å². The fraction of sp³-hybridized carbons (Fsp3) is 0.167. The fourth-order valence-electron chi connectivity index (χ4n) is 2.71. The third kappa shape index (κ3) is 3.68. The maximum Gasteiger partial charge on any atom is 0.297 e. The van der Waals surface area contributed by atoms with Crippen molar-refractivity contribution in [2.45, 2.75) is 20.3 Å². The Labute approximate surface area is 157 Å². The van der Waals surface area contributed by atoms with Crippen LogP contribution in [0.4, 0.5) is 9.52 Å². The number of hydrogen-bond acceptors (Lipinski definition) is 6. The number of nitrogens with zero attached hydrogens (tertiary/aromatic N) is 5. The van der Waals surface area contributed by atoms with Crippen molar-refractivity contribution in [1.29, 1.82) is 0 Å². The van der Waals surface area contributed by atoms with E-state index in [-0.39, 0.29) is 11.6 Å². The molecular formula is C18H15FN6OS. The molecule has 9 heteroatoms. The molecule has 4 aromatic rings. The lowest BCUT2D eigenvalue weighted by Gasteiger charge is -1.98. The minimum absolute atomic E-state index is 0.0260. The zero-order chi connectivity index (χ0) is 19.0. The van der Waals surface area contributed by atoms with Crippen LogP contribution in [0.5, 0.6) is 0 Å². The molecule has 0 atom stereocenters. The van der Waals surface area contributed by atoms with Gasteiger partial charge in [-0.2, -0.15) is 4.98 Å². The van der Waals surface area contributed by atoms with Crippen LogP contribution in [0, 0.1) is 19.7 Å². The Balaban J connectivity index is 1.50. The maximum atomic E-state index is 13.3. The Kier molecular flexibility index (Phi) is 4.36. The number of thiazole rings is 1. The molecular weight excluding hydrogens is 367 g/mol. The molecule has 136 valence electrons. The molecule has 0 bridgehead atoms. The number of aromatic nitrogens is 5. The van der Waals surface area contributed by atoms with E-state index in [2.05, 4.69) is 25.4 Å². The average Bonchev–Trinajstić information content (AvgIpc) is 3.22. The lowest BCUT2D eigenvalue weighted by molar-refractivity contribution is 0.101. The summed E-state index contributed by atoms with van der Waals surface area (Å²) < 4.78 is 14.8. The number of halogens is 1. The monoisotopic (exact) mass is 382 g/mol. The number of amides is 1. The van der Waals surface area contributed by atoms with Crippen LogP contribution in [0.15, 0.2) is 36.5 Å². The van der Waals surface area contributed by atoms with Crippen molar-refractivity contribution in [3.63, 3.8) is 0 Å². The zero-order valence-electron chi connectivity index (χ0n) is 14.6. The molecule has 0 aliphatic rings. The zero-order valence-corrected chi connectivity index (χ0v) is 15.4. The van der Waals surface area contributed by atoms with Crippen LogP contribution in [0.2, 0.25) is 0 Å². The van der Waals surface area contributed by atoms with Gasteiger partial charge in [0.2, 0.25) is 5.82 Å². The molecule has 0 saturated heterocycles. The van der Waals surface area contributed by atoms with Gasteiger partial charge >= 0.3 is 0 Å². The summed E-state index contributed by atoms with van der Waals surface area (Å²) in [5.74, 6) is -0.325. The number of hydrogen-bond donors (Lipinski definition) is 1. The van der Waals surface area contributed by atoms with Crippen LogP contribution < -0.4 is 5.32 Å². The van der Waals surface area contributed by atoms with Gasteiger partial charge in [-0.1, -0.05) is 12.1 Å². The predicted octanol–water partition coefficient (Wildman–Crippen LogP) is 3.18. The first-order valence-corrected chi connectivity index (χ1v) is 9.01. The van der Waals surface area contributed by atoms with Crippen LogP contribution in [0.1, 0.15) is 32.4 Å². The Morgan fingerprint density at radius 1 is 1.26 bits per heavy atom. The van der Waals surface area contributed by atoms with E-state index < -0.39 is 5.91 Å². The van der Waals surface area contributed by atoms with Gasteiger partial charge in [0.1, 0.15) is 5.82 Å². The minimum Gasteiger partial charge on any atom is -0.295 e. The van der Waals surface area contributed by atoms with Crippen LogP contribution in [-0.2, 0) is 6.42 Å². The molecule has 7 nitrogen and oxygen atoms in total. The van der Waals surface area contributed by atoms with Gasteiger partial charge < -0.3 is 0 Å². The van der Waals surface area contributed by atoms with Crippen molar-refractivity contribution in [2.75, 3.05) is 5.32 Å². The topological polar surface area (TPSA) is 85.1 Å². The van der Waals surface area contributed by atoms with Crippen LogP contribution in [0.25, 0.3) is 5.78 Å². The van der Waals surface area contributed by atoms with E-state index in [4.69, 9.17) is 0 Å². The van der Waals surface area contributed by atoms with Gasteiger partial charge in [-0.05, 0) is 37.6 Å². The third-order valence-electron chi connectivity index (χ3n) is 3.86. The summed E-state index contributed by atoms with van der Waals surface area (Å²) in [6.07, 6.45) is 2.21. The van der Waals surface area contributed by atoms with Gasteiger partial charge in [0.25, 0.3) is 11.7 Å². The summed E-state index contributed by atoms with van der Waals surface area (Å²) in [5, 5.41) is 7.34. The van der Waals surface area contributed by atoms with E-state index >= 15 is 0 Å². The summed E-state index contributed by atoms with van der Waals surface area (Å²) in [5.41, 5.74) is 2.49. The van der Waals surface area contributed by atoms with Crippen LogP contribution in [-0.4, -0.2) is 30.5 Å². The highest BCUT2D eigenvalue weighted by Gasteiger charge is 2.16. The van der Waals surface area contributed by atoms with E-state index in [0.717, 1.165) is 21.8 Å². The van der Waals surface area contributed by atoms with Crippen LogP contribution in [0.3, 0.4) is 0 Å². The molecule has 27 heavy (non-hydrogen) atoms. The minimum atomic E-state index is -0.454. The third-order valence-corrected chi connectivity index (χ3v) is 4.78. The first-order chi connectivity index (χ1) is 13.0. The Bertz CT molecular complexity index is 1150. The van der Waals surface area contributed by atoms with Crippen molar-refractivity contribution in [3.05, 3.63) is 70.0 Å². The normalized spacial score (nSPS) is 11.1. The van der Waals surface area contributed by atoms with Crippen molar-refractivity contribution in [3.8, 4) is 0 Å². The Morgan fingerprint density at radius 3 is 2.93 bits per heavy atom. The molecule has 1 aromatic carbocycles. The molecule has 0 spiro atoms. The number of benzene rings is 1. The summed E-state index contributed by atoms with van der Waals surface area (Å²) >= 11 is 1.33. The van der Waals surface area contributed by atoms with Gasteiger partial charge in [-0.15, -0.1) is 16.4 Å². The second-order valence-corrected chi connectivity index (χ2v) is 7.19. The Hall–Kier alpha value is -3.20.